The highest BCUT2D eigenvalue weighted by molar-refractivity contribution is 5.91. The molecule has 1 aliphatic heterocycles. The van der Waals surface area contributed by atoms with Gasteiger partial charge in [0, 0.05) is 50.0 Å². The van der Waals surface area contributed by atoms with Crippen molar-refractivity contribution in [2.45, 2.75) is 6.42 Å². The zero-order valence-corrected chi connectivity index (χ0v) is 11.9. The zero-order valence-electron chi connectivity index (χ0n) is 11.9. The van der Waals surface area contributed by atoms with Gasteiger partial charge in [0.25, 0.3) is 0 Å². The number of aromatic nitrogens is 1. The normalized spacial score (nSPS) is 16.3. The van der Waals surface area contributed by atoms with Crippen LogP contribution < -0.4 is 4.90 Å². The number of piperazine rings is 1. The van der Waals surface area contributed by atoms with Gasteiger partial charge in [-0.25, -0.2) is 0 Å². The van der Waals surface area contributed by atoms with Crippen LogP contribution in [0.25, 0.3) is 10.9 Å². The van der Waals surface area contributed by atoms with Gasteiger partial charge in [-0.05, 0) is 12.1 Å². The Kier molecular flexibility index (Phi) is 4.01. The highest BCUT2D eigenvalue weighted by Crippen LogP contribution is 2.25. The van der Waals surface area contributed by atoms with Crippen LogP contribution in [0.5, 0.6) is 0 Å². The Labute approximate surface area is 123 Å². The van der Waals surface area contributed by atoms with Gasteiger partial charge in [-0.15, -0.1) is 0 Å². The lowest BCUT2D eigenvalue weighted by Gasteiger charge is -2.36. The summed E-state index contributed by atoms with van der Waals surface area (Å²) in [7, 11) is 0. The first-order valence-corrected chi connectivity index (χ1v) is 7.27. The fraction of sp³-hybridized carbons (Fsp3) is 0.375. The second kappa shape index (κ2) is 6.10. The first-order chi connectivity index (χ1) is 10.2. The molecule has 110 valence electrons. The molecule has 1 saturated heterocycles. The summed E-state index contributed by atoms with van der Waals surface area (Å²) in [6.45, 7) is 4.30. The van der Waals surface area contributed by atoms with Crippen molar-refractivity contribution in [2.24, 2.45) is 0 Å². The quantitative estimate of drug-likeness (QED) is 0.929. The molecule has 0 unspecified atom stereocenters. The van der Waals surface area contributed by atoms with Crippen LogP contribution in [-0.4, -0.2) is 53.7 Å². The molecule has 0 spiro atoms. The predicted octanol–water partition coefficient (Wildman–Crippen LogP) is 1.83. The first kappa shape index (κ1) is 13.8. The Morgan fingerprint density at radius 2 is 1.90 bits per heavy atom. The standard InChI is InChI=1S/C16H19N3O2/c20-16(21)6-8-18-9-11-19(12-10-18)15-5-7-17-14-4-2-1-3-13(14)15/h1-5,7H,6,8-12H2,(H,20,21). The molecule has 0 radical (unpaired) electrons. The van der Waals surface area contributed by atoms with Crippen molar-refractivity contribution >= 4 is 22.6 Å². The number of rotatable bonds is 4. The summed E-state index contributed by atoms with van der Waals surface area (Å²) in [5.74, 6) is -0.724. The summed E-state index contributed by atoms with van der Waals surface area (Å²) >= 11 is 0. The number of nitrogens with zero attached hydrogens (tertiary/aromatic N) is 3. The van der Waals surface area contributed by atoms with Crippen molar-refractivity contribution in [1.29, 1.82) is 0 Å². The van der Waals surface area contributed by atoms with E-state index in [1.807, 2.05) is 24.4 Å². The van der Waals surface area contributed by atoms with Crippen LogP contribution >= 0.6 is 0 Å². The Bertz CT molecular complexity index is 631. The molecule has 2 heterocycles. The molecule has 2 aromatic rings. The third-order valence-corrected chi connectivity index (χ3v) is 3.98. The predicted molar refractivity (Wildman–Crippen MR) is 82.6 cm³/mol. The molecular formula is C16H19N3O2. The van der Waals surface area contributed by atoms with Crippen molar-refractivity contribution in [1.82, 2.24) is 9.88 Å². The number of carbonyl (C=O) groups is 1. The molecule has 0 amide bonds. The molecule has 3 rings (SSSR count). The minimum atomic E-state index is -0.724. The average Bonchev–Trinajstić information content (AvgIpc) is 2.53. The second-order valence-electron chi connectivity index (χ2n) is 5.32. The van der Waals surface area contributed by atoms with E-state index in [4.69, 9.17) is 5.11 Å². The van der Waals surface area contributed by atoms with Crippen LogP contribution in [0.3, 0.4) is 0 Å². The Morgan fingerprint density at radius 1 is 1.14 bits per heavy atom. The van der Waals surface area contributed by atoms with E-state index in [9.17, 15) is 4.79 Å². The molecule has 0 aliphatic carbocycles. The van der Waals surface area contributed by atoms with E-state index in [2.05, 4.69) is 26.9 Å². The largest absolute Gasteiger partial charge is 0.481 e. The maximum Gasteiger partial charge on any atom is 0.304 e. The number of aliphatic carboxylic acids is 1. The number of pyridine rings is 1. The summed E-state index contributed by atoms with van der Waals surface area (Å²) in [5, 5.41) is 9.93. The molecule has 21 heavy (non-hydrogen) atoms. The van der Waals surface area contributed by atoms with Crippen LogP contribution in [-0.2, 0) is 4.79 Å². The Hall–Kier alpha value is -2.14. The highest BCUT2D eigenvalue weighted by atomic mass is 16.4. The summed E-state index contributed by atoms with van der Waals surface area (Å²) in [6, 6.07) is 10.2. The van der Waals surface area contributed by atoms with Gasteiger partial charge in [0.1, 0.15) is 0 Å². The van der Waals surface area contributed by atoms with Gasteiger partial charge >= 0.3 is 5.97 Å². The molecule has 5 heteroatoms. The molecular weight excluding hydrogens is 266 g/mol. The minimum Gasteiger partial charge on any atom is -0.481 e. The van der Waals surface area contributed by atoms with Gasteiger partial charge in [0.2, 0.25) is 0 Å². The van der Waals surface area contributed by atoms with Gasteiger partial charge in [-0.2, -0.15) is 0 Å². The number of hydrogen-bond donors (Lipinski definition) is 1. The lowest BCUT2D eigenvalue weighted by molar-refractivity contribution is -0.137. The van der Waals surface area contributed by atoms with E-state index in [1.54, 1.807) is 0 Å². The van der Waals surface area contributed by atoms with Crippen molar-refractivity contribution < 1.29 is 9.90 Å². The van der Waals surface area contributed by atoms with Crippen molar-refractivity contribution in [2.75, 3.05) is 37.6 Å². The maximum absolute atomic E-state index is 10.6. The maximum atomic E-state index is 10.6. The topological polar surface area (TPSA) is 56.7 Å². The summed E-state index contributed by atoms with van der Waals surface area (Å²) in [4.78, 5) is 19.6. The molecule has 5 nitrogen and oxygen atoms in total. The van der Waals surface area contributed by atoms with Crippen LogP contribution in [0.1, 0.15) is 6.42 Å². The fourth-order valence-electron chi connectivity index (χ4n) is 2.82. The summed E-state index contributed by atoms with van der Waals surface area (Å²) in [6.07, 6.45) is 2.08. The second-order valence-corrected chi connectivity index (χ2v) is 5.32. The van der Waals surface area contributed by atoms with Crippen LogP contribution in [0.15, 0.2) is 36.5 Å². The van der Waals surface area contributed by atoms with Crippen molar-refractivity contribution in [3.05, 3.63) is 36.5 Å². The SMILES string of the molecule is O=C(O)CCN1CCN(c2ccnc3ccccc23)CC1. The molecule has 0 bridgehead atoms. The van der Waals surface area contributed by atoms with E-state index in [0.29, 0.717) is 6.54 Å². The van der Waals surface area contributed by atoms with E-state index in [1.165, 1.54) is 11.1 Å². The monoisotopic (exact) mass is 285 g/mol. The van der Waals surface area contributed by atoms with Crippen LogP contribution in [0, 0.1) is 0 Å². The number of carboxylic acids is 1. The Balaban J connectivity index is 1.70. The minimum absolute atomic E-state index is 0.220. The van der Waals surface area contributed by atoms with Gasteiger partial charge < -0.3 is 10.0 Å². The summed E-state index contributed by atoms with van der Waals surface area (Å²) < 4.78 is 0. The smallest absolute Gasteiger partial charge is 0.304 e. The van der Waals surface area contributed by atoms with E-state index < -0.39 is 5.97 Å². The lowest BCUT2D eigenvalue weighted by atomic mass is 10.1. The third-order valence-electron chi connectivity index (χ3n) is 3.98. The molecule has 1 aliphatic rings. The molecule has 1 fully saturated rings. The van der Waals surface area contributed by atoms with E-state index in [-0.39, 0.29) is 6.42 Å². The van der Waals surface area contributed by atoms with Crippen LogP contribution in [0.4, 0.5) is 5.69 Å². The van der Waals surface area contributed by atoms with E-state index >= 15 is 0 Å². The zero-order chi connectivity index (χ0) is 14.7. The summed E-state index contributed by atoms with van der Waals surface area (Å²) in [5.41, 5.74) is 2.24. The fourth-order valence-corrected chi connectivity index (χ4v) is 2.82. The Morgan fingerprint density at radius 3 is 2.67 bits per heavy atom. The molecule has 1 aromatic carbocycles. The number of para-hydroxylation sites is 1. The third kappa shape index (κ3) is 3.13. The number of fused-ring (bicyclic) bond motifs is 1. The number of anilines is 1. The number of hydrogen-bond acceptors (Lipinski definition) is 4. The van der Waals surface area contributed by atoms with Crippen LogP contribution in [0.2, 0.25) is 0 Å². The van der Waals surface area contributed by atoms with Gasteiger partial charge in [0.05, 0.1) is 11.9 Å². The van der Waals surface area contributed by atoms with Crippen molar-refractivity contribution in [3.8, 4) is 0 Å². The van der Waals surface area contributed by atoms with Gasteiger partial charge in [-0.1, -0.05) is 18.2 Å². The molecule has 1 aromatic heterocycles. The highest BCUT2D eigenvalue weighted by Gasteiger charge is 2.19. The molecule has 0 atom stereocenters. The average molecular weight is 285 g/mol. The van der Waals surface area contributed by atoms with E-state index in [0.717, 1.165) is 31.7 Å². The molecule has 1 N–H and O–H groups in total. The first-order valence-electron chi connectivity index (χ1n) is 7.27. The number of carboxylic acid groups (broad SMARTS) is 1. The number of benzene rings is 1. The lowest BCUT2D eigenvalue weighted by Crippen LogP contribution is -2.47. The van der Waals surface area contributed by atoms with Gasteiger partial charge in [-0.3, -0.25) is 14.7 Å². The van der Waals surface area contributed by atoms with Crippen molar-refractivity contribution in [3.63, 3.8) is 0 Å². The van der Waals surface area contributed by atoms with Gasteiger partial charge in [0.15, 0.2) is 0 Å². The molecule has 0 saturated carbocycles.